The van der Waals surface area contributed by atoms with Crippen LogP contribution in [0, 0.1) is 34.4 Å². The van der Waals surface area contributed by atoms with Gasteiger partial charge in [-0.2, -0.15) is 5.26 Å². The van der Waals surface area contributed by atoms with E-state index in [9.17, 15) is 14.4 Å². The fourth-order valence-corrected chi connectivity index (χ4v) is 4.63. The number of esters is 1. The van der Waals surface area contributed by atoms with Crippen molar-refractivity contribution in [3.05, 3.63) is 102 Å². The van der Waals surface area contributed by atoms with Crippen LogP contribution in [-0.2, 0) is 9.53 Å². The average molecular weight is 474 g/mol. The number of hydrogen-bond donors (Lipinski definition) is 0. The van der Waals surface area contributed by atoms with Crippen molar-refractivity contribution < 1.29 is 18.7 Å². The molecule has 0 radical (unpaired) electrons. The number of carbonyl (C=O) groups is 1. The summed E-state index contributed by atoms with van der Waals surface area (Å²) in [7, 11) is 0. The zero-order valence-electron chi connectivity index (χ0n) is 18.9. The second-order valence-corrected chi connectivity index (χ2v) is 9.64. The molecule has 0 bridgehead atoms. The fraction of sp³-hybridized carbons (Fsp3) is 0.214. The van der Waals surface area contributed by atoms with Gasteiger partial charge in [-0.05, 0) is 65.3 Å². The molecule has 0 amide bonds. The third-order valence-corrected chi connectivity index (χ3v) is 6.80. The smallest absolute Gasteiger partial charge is 0.311 e. The number of carbonyl (C=O) groups excluding carboxylic acids is 1. The predicted molar refractivity (Wildman–Crippen MR) is 130 cm³/mol. The third kappa shape index (κ3) is 5.49. The molecule has 3 unspecified atom stereocenters. The second kappa shape index (κ2) is 10.1. The molecule has 0 heterocycles. The monoisotopic (exact) mass is 473 g/mol. The van der Waals surface area contributed by atoms with Crippen molar-refractivity contribution in [2.75, 3.05) is 0 Å². The van der Waals surface area contributed by atoms with Gasteiger partial charge in [-0.25, -0.2) is 4.39 Å². The number of hydrogen-bond acceptors (Lipinski definition) is 5. The Morgan fingerprint density at radius 3 is 2.47 bits per heavy atom. The first kappa shape index (κ1) is 23.6. The number of para-hydroxylation sites is 1. The molecule has 3 aromatic carbocycles. The molecule has 1 aliphatic rings. The van der Waals surface area contributed by atoms with E-state index in [0.717, 1.165) is 4.90 Å². The number of halogens is 1. The van der Waals surface area contributed by atoms with E-state index in [-0.39, 0.29) is 23.1 Å². The van der Waals surface area contributed by atoms with Gasteiger partial charge in [0.2, 0.25) is 6.10 Å². The normalized spacial score (nSPS) is 19.2. The maximum Gasteiger partial charge on any atom is 0.311 e. The van der Waals surface area contributed by atoms with Crippen LogP contribution in [0.4, 0.5) is 4.39 Å². The topological polar surface area (TPSA) is 59.3 Å². The summed E-state index contributed by atoms with van der Waals surface area (Å²) < 4.78 is 24.5. The van der Waals surface area contributed by atoms with Gasteiger partial charge in [0.25, 0.3) is 0 Å². The van der Waals surface area contributed by atoms with E-state index >= 15 is 0 Å². The van der Waals surface area contributed by atoms with Crippen LogP contribution >= 0.6 is 11.8 Å². The molecule has 0 aromatic heterocycles. The minimum Gasteiger partial charge on any atom is -0.457 e. The van der Waals surface area contributed by atoms with Crippen LogP contribution in [0.3, 0.4) is 0 Å². The van der Waals surface area contributed by atoms with E-state index in [1.807, 2.05) is 55.7 Å². The van der Waals surface area contributed by atoms with Gasteiger partial charge in [0.1, 0.15) is 23.4 Å². The minimum absolute atomic E-state index is 0.0000366. The van der Waals surface area contributed by atoms with Gasteiger partial charge >= 0.3 is 5.97 Å². The Hall–Kier alpha value is -3.56. The molecule has 0 aliphatic heterocycles. The summed E-state index contributed by atoms with van der Waals surface area (Å²) in [6.07, 6.45) is 0.955. The molecular weight excluding hydrogens is 449 g/mol. The summed E-state index contributed by atoms with van der Waals surface area (Å²) in [6, 6.07) is 24.7. The van der Waals surface area contributed by atoms with Crippen molar-refractivity contribution >= 4 is 17.7 Å². The van der Waals surface area contributed by atoms with Crippen molar-refractivity contribution in [1.29, 1.82) is 5.26 Å². The molecule has 4 nitrogen and oxygen atoms in total. The lowest BCUT2D eigenvalue weighted by atomic mass is 10.1. The van der Waals surface area contributed by atoms with Crippen LogP contribution in [0.1, 0.15) is 25.5 Å². The fourth-order valence-electron chi connectivity index (χ4n) is 3.93. The molecule has 1 saturated carbocycles. The largest absolute Gasteiger partial charge is 0.457 e. The van der Waals surface area contributed by atoms with E-state index in [2.05, 4.69) is 6.07 Å². The Balaban J connectivity index is 1.39. The van der Waals surface area contributed by atoms with Crippen molar-refractivity contribution in [1.82, 2.24) is 0 Å². The highest BCUT2D eigenvalue weighted by Crippen LogP contribution is 2.60. The molecule has 0 spiro atoms. The summed E-state index contributed by atoms with van der Waals surface area (Å²) >= 11 is 1.46. The predicted octanol–water partition coefficient (Wildman–Crippen LogP) is 7.30. The molecular formula is C28H24FNO3S. The molecule has 34 heavy (non-hydrogen) atoms. The van der Waals surface area contributed by atoms with Crippen LogP contribution in [0.15, 0.2) is 95.2 Å². The Bertz CT molecular complexity index is 1220. The number of rotatable bonds is 8. The SMILES string of the molecule is CC1(C)C(/C=C/Sc2ccc(F)cc2)C1C(=O)OC(C#N)c1cccc(Oc2ccccc2)c1. The number of ether oxygens (including phenoxy) is 2. The number of nitrogens with zero attached hydrogens (tertiary/aromatic N) is 1. The number of nitriles is 1. The summed E-state index contributed by atoms with van der Waals surface area (Å²) in [5.74, 6) is 0.233. The second-order valence-electron chi connectivity index (χ2n) is 8.66. The molecule has 3 aromatic rings. The highest BCUT2D eigenvalue weighted by atomic mass is 32.2. The quantitative estimate of drug-likeness (QED) is 0.254. The van der Waals surface area contributed by atoms with Crippen LogP contribution in [0.25, 0.3) is 0 Å². The first-order valence-electron chi connectivity index (χ1n) is 10.9. The molecule has 0 N–H and O–H groups in total. The summed E-state index contributed by atoms with van der Waals surface area (Å²) in [5, 5.41) is 11.6. The molecule has 6 heteroatoms. The van der Waals surface area contributed by atoms with E-state index in [1.54, 1.807) is 36.4 Å². The third-order valence-electron chi connectivity index (χ3n) is 5.96. The van der Waals surface area contributed by atoms with E-state index in [0.29, 0.717) is 17.1 Å². The lowest BCUT2D eigenvalue weighted by Crippen LogP contribution is -2.14. The maximum atomic E-state index is 13.1. The lowest BCUT2D eigenvalue weighted by molar-refractivity contribution is -0.149. The summed E-state index contributed by atoms with van der Waals surface area (Å²) in [4.78, 5) is 13.8. The Kier molecular flexibility index (Phi) is 7.04. The van der Waals surface area contributed by atoms with E-state index in [1.165, 1.54) is 23.9 Å². The minimum atomic E-state index is -1.03. The summed E-state index contributed by atoms with van der Waals surface area (Å²) in [6.45, 7) is 4.01. The van der Waals surface area contributed by atoms with Gasteiger partial charge < -0.3 is 9.47 Å². The van der Waals surface area contributed by atoms with Crippen molar-refractivity contribution in [3.63, 3.8) is 0 Å². The molecule has 1 fully saturated rings. The number of allylic oxidation sites excluding steroid dienone is 1. The first-order valence-corrected chi connectivity index (χ1v) is 11.8. The van der Waals surface area contributed by atoms with E-state index < -0.39 is 12.1 Å². The average Bonchev–Trinajstić information content (AvgIpc) is 3.39. The van der Waals surface area contributed by atoms with E-state index in [4.69, 9.17) is 9.47 Å². The Morgan fingerprint density at radius 1 is 1.06 bits per heavy atom. The van der Waals surface area contributed by atoms with Crippen molar-refractivity contribution in [2.24, 2.45) is 17.3 Å². The lowest BCUT2D eigenvalue weighted by Gasteiger charge is -2.13. The van der Waals surface area contributed by atoms with Crippen LogP contribution in [0.5, 0.6) is 11.5 Å². The zero-order valence-corrected chi connectivity index (χ0v) is 19.7. The van der Waals surface area contributed by atoms with Gasteiger partial charge in [-0.1, -0.05) is 62.0 Å². The number of benzene rings is 3. The van der Waals surface area contributed by atoms with Gasteiger partial charge in [0.05, 0.1) is 5.92 Å². The van der Waals surface area contributed by atoms with Gasteiger partial charge in [-0.3, -0.25) is 4.79 Å². The molecule has 3 atom stereocenters. The van der Waals surface area contributed by atoms with Gasteiger partial charge in [0.15, 0.2) is 0 Å². The molecule has 4 rings (SSSR count). The van der Waals surface area contributed by atoms with Crippen LogP contribution < -0.4 is 4.74 Å². The molecule has 1 aliphatic carbocycles. The maximum absolute atomic E-state index is 13.1. The molecule has 172 valence electrons. The zero-order chi connectivity index (χ0) is 24.1. The highest BCUT2D eigenvalue weighted by molar-refractivity contribution is 8.02. The highest BCUT2D eigenvalue weighted by Gasteiger charge is 2.61. The number of thioether (sulfide) groups is 1. The first-order chi connectivity index (χ1) is 16.4. The standard InChI is InChI=1S/C28H24FNO3S/c1-28(2)24(15-16-34-23-13-11-20(29)12-14-23)26(28)27(31)33-25(18-30)19-7-6-10-22(17-19)32-21-8-4-3-5-9-21/h3-17,24-26H,1-2H3/b16-15+. The van der Waals surface area contributed by atoms with Crippen LogP contribution in [-0.4, -0.2) is 5.97 Å². The van der Waals surface area contributed by atoms with Crippen LogP contribution in [0.2, 0.25) is 0 Å². The Labute approximate surface area is 203 Å². The van der Waals surface area contributed by atoms with Crippen molar-refractivity contribution in [3.8, 4) is 17.6 Å². The van der Waals surface area contributed by atoms with Gasteiger partial charge in [0, 0.05) is 10.5 Å². The summed E-state index contributed by atoms with van der Waals surface area (Å²) in [5.41, 5.74) is 0.288. The van der Waals surface area contributed by atoms with Gasteiger partial charge in [-0.15, -0.1) is 0 Å². The Morgan fingerprint density at radius 2 is 1.76 bits per heavy atom. The van der Waals surface area contributed by atoms with Crippen molar-refractivity contribution in [2.45, 2.75) is 24.8 Å². The molecule has 0 saturated heterocycles.